The van der Waals surface area contributed by atoms with Crippen molar-refractivity contribution in [2.45, 2.75) is 170 Å². The second kappa shape index (κ2) is 19.6. The molecule has 4 heterocycles. The molecular weight excluding hydrogens is 681 g/mol. The Hall–Kier alpha value is -1.46. The van der Waals surface area contributed by atoms with Crippen LogP contribution in [0.5, 0.6) is 0 Å². The molecule has 4 aromatic heterocycles. The minimum absolute atomic E-state index is 0.660. The molecule has 5 aromatic rings. The van der Waals surface area contributed by atoms with Crippen molar-refractivity contribution in [2.24, 2.45) is 11.8 Å². The van der Waals surface area contributed by atoms with E-state index in [1.54, 1.807) is 52.2 Å². The Morgan fingerprint density at radius 2 is 0.920 bits per heavy atom. The topological polar surface area (TPSA) is 0 Å². The summed E-state index contributed by atoms with van der Waals surface area (Å²) in [4.78, 5) is 6.14. The van der Waals surface area contributed by atoms with E-state index in [2.05, 4.69) is 113 Å². The van der Waals surface area contributed by atoms with Crippen LogP contribution in [-0.2, 0) is 12.8 Å². The first-order valence-corrected chi connectivity index (χ1v) is 24.0. The van der Waals surface area contributed by atoms with Gasteiger partial charge in [0.1, 0.15) is 0 Å². The number of thiophene rings is 4. The summed E-state index contributed by atoms with van der Waals surface area (Å²) < 4.78 is 3.22. The van der Waals surface area contributed by atoms with Gasteiger partial charge < -0.3 is 0 Å². The van der Waals surface area contributed by atoms with Crippen LogP contribution in [0.15, 0.2) is 35.0 Å². The maximum absolute atomic E-state index is 2.68. The molecule has 0 spiro atoms. The van der Waals surface area contributed by atoms with Gasteiger partial charge in [-0.3, -0.25) is 0 Å². The summed E-state index contributed by atoms with van der Waals surface area (Å²) in [5.74, 6) is 2.81. The lowest BCUT2D eigenvalue weighted by atomic mass is 9.86. The van der Waals surface area contributed by atoms with Gasteiger partial charge in [0.15, 0.2) is 0 Å². The highest BCUT2D eigenvalue weighted by atomic mass is 32.1. The summed E-state index contributed by atoms with van der Waals surface area (Å²) >= 11 is 8.26. The number of hydrogen-bond acceptors (Lipinski definition) is 4. The van der Waals surface area contributed by atoms with Gasteiger partial charge in [0.25, 0.3) is 0 Å². The van der Waals surface area contributed by atoms with Gasteiger partial charge in [0.2, 0.25) is 0 Å². The van der Waals surface area contributed by atoms with E-state index in [9.17, 15) is 0 Å². The van der Waals surface area contributed by atoms with E-state index in [0.717, 1.165) is 11.8 Å². The summed E-state index contributed by atoms with van der Waals surface area (Å²) in [6, 6.07) is 10.3. The fourth-order valence-corrected chi connectivity index (χ4v) is 13.3. The third-order valence-electron chi connectivity index (χ3n) is 11.7. The van der Waals surface area contributed by atoms with Crippen molar-refractivity contribution in [2.75, 3.05) is 0 Å². The summed E-state index contributed by atoms with van der Waals surface area (Å²) in [6.07, 6.45) is 20.4. The van der Waals surface area contributed by atoms with Crippen molar-refractivity contribution in [1.29, 1.82) is 0 Å². The average Bonchev–Trinajstić information content (AvgIpc) is 3.96. The Bertz CT molecular complexity index is 1560. The minimum atomic E-state index is 0.660. The molecule has 0 fully saturated rings. The van der Waals surface area contributed by atoms with Gasteiger partial charge in [0, 0.05) is 28.9 Å². The Balaban J connectivity index is 1.78. The van der Waals surface area contributed by atoms with E-state index >= 15 is 0 Å². The van der Waals surface area contributed by atoms with Gasteiger partial charge in [-0.25, -0.2) is 0 Å². The van der Waals surface area contributed by atoms with E-state index in [1.807, 2.05) is 22.7 Å². The van der Waals surface area contributed by atoms with Crippen molar-refractivity contribution in [3.05, 3.63) is 57.3 Å². The quantitative estimate of drug-likeness (QED) is 0.0661. The van der Waals surface area contributed by atoms with Crippen LogP contribution in [-0.4, -0.2) is 0 Å². The number of rotatable bonds is 22. The van der Waals surface area contributed by atoms with Crippen LogP contribution in [0.2, 0.25) is 0 Å². The van der Waals surface area contributed by atoms with E-state index < -0.39 is 0 Å². The Morgan fingerprint density at radius 1 is 0.500 bits per heavy atom. The molecule has 0 amide bonds. The number of hydrogen-bond donors (Lipinski definition) is 0. The first-order chi connectivity index (χ1) is 24.5. The zero-order chi connectivity index (χ0) is 35.6. The number of fused-ring (bicyclic) bond motifs is 2. The predicted octanol–water partition coefficient (Wildman–Crippen LogP) is 17.7. The first-order valence-electron chi connectivity index (χ1n) is 20.6. The Kier molecular flexibility index (Phi) is 15.6. The van der Waals surface area contributed by atoms with Crippen molar-refractivity contribution in [3.8, 4) is 19.5 Å². The van der Waals surface area contributed by atoms with Gasteiger partial charge >= 0.3 is 0 Å². The zero-order valence-electron chi connectivity index (χ0n) is 32.7. The van der Waals surface area contributed by atoms with Gasteiger partial charge in [-0.05, 0) is 130 Å². The molecule has 0 aliphatic carbocycles. The van der Waals surface area contributed by atoms with E-state index in [1.165, 1.54) is 112 Å². The highest BCUT2D eigenvalue weighted by molar-refractivity contribution is 7.27. The summed E-state index contributed by atoms with van der Waals surface area (Å²) in [5, 5.41) is 7.92. The van der Waals surface area contributed by atoms with Crippen LogP contribution in [0.25, 0.3) is 39.7 Å². The fourth-order valence-electron chi connectivity index (χ4n) is 8.55. The normalized spacial score (nSPS) is 14.6. The molecule has 4 heteroatoms. The monoisotopic (exact) mass is 746 g/mol. The maximum Gasteiger partial charge on any atom is 0.0477 e. The van der Waals surface area contributed by atoms with E-state index in [4.69, 9.17) is 0 Å². The number of benzene rings is 1. The van der Waals surface area contributed by atoms with Gasteiger partial charge in [-0.2, -0.15) is 0 Å². The molecule has 274 valence electrons. The van der Waals surface area contributed by atoms with Crippen molar-refractivity contribution >= 4 is 65.5 Å². The standard InChI is InChI=1S/C46H66S4/c1-9-17-21-31(13-5)27-37-39-29-41(45-35(23-25-47-45)33(15-7)19-11-3)50-44(39)38(28-32(14-6)22-18-10-2)40-30-42(49-43(37)40)46-36(24-26-48-46)34(16-8)20-12-4/h23-26,29-34H,9-22,27-28H2,1-8H3. The summed E-state index contributed by atoms with van der Waals surface area (Å²) in [7, 11) is 0. The largest absolute Gasteiger partial charge is 0.143 e. The number of unbranched alkanes of at least 4 members (excludes halogenated alkanes) is 2. The zero-order valence-corrected chi connectivity index (χ0v) is 36.0. The molecule has 0 N–H and O–H groups in total. The molecule has 0 saturated heterocycles. The van der Waals surface area contributed by atoms with Crippen LogP contribution < -0.4 is 0 Å². The van der Waals surface area contributed by atoms with E-state index in [0.29, 0.717) is 11.8 Å². The third kappa shape index (κ3) is 8.83. The SMILES string of the molecule is CCCCC(CC)Cc1c2cc(-c3sccc3C(CC)CCC)sc2c(CC(CC)CCCC)c2cc(-c3sccc3C(CC)CCC)sc12. The summed E-state index contributed by atoms with van der Waals surface area (Å²) in [5.41, 5.74) is 6.54. The van der Waals surface area contributed by atoms with Crippen LogP contribution in [0, 0.1) is 11.8 Å². The van der Waals surface area contributed by atoms with Crippen molar-refractivity contribution < 1.29 is 0 Å². The first kappa shape index (κ1) is 39.7. The Morgan fingerprint density at radius 3 is 1.26 bits per heavy atom. The Labute approximate surface area is 322 Å². The third-order valence-corrected chi connectivity index (χ3v) is 16.3. The molecule has 4 atom stereocenters. The van der Waals surface area contributed by atoms with Crippen LogP contribution in [0.1, 0.15) is 179 Å². The molecule has 5 rings (SSSR count). The van der Waals surface area contributed by atoms with Gasteiger partial charge in [-0.15, -0.1) is 45.3 Å². The van der Waals surface area contributed by atoms with E-state index in [-0.39, 0.29) is 0 Å². The lowest BCUT2D eigenvalue weighted by molar-refractivity contribution is 0.450. The fraction of sp³-hybridized carbons (Fsp3) is 0.609. The minimum Gasteiger partial charge on any atom is -0.143 e. The molecule has 1 aromatic carbocycles. The highest BCUT2D eigenvalue weighted by Gasteiger charge is 2.26. The highest BCUT2D eigenvalue weighted by Crippen LogP contribution is 2.51. The van der Waals surface area contributed by atoms with Crippen molar-refractivity contribution in [3.63, 3.8) is 0 Å². The van der Waals surface area contributed by atoms with Crippen LogP contribution >= 0.6 is 45.3 Å². The lowest BCUT2D eigenvalue weighted by Crippen LogP contribution is -2.06. The second-order valence-electron chi connectivity index (χ2n) is 15.1. The smallest absolute Gasteiger partial charge is 0.0477 e. The summed E-state index contributed by atoms with van der Waals surface area (Å²) in [6.45, 7) is 19.1. The molecular formula is C46H66S4. The van der Waals surface area contributed by atoms with Crippen LogP contribution in [0.3, 0.4) is 0 Å². The van der Waals surface area contributed by atoms with Gasteiger partial charge in [0.05, 0.1) is 0 Å². The molecule has 0 radical (unpaired) electrons. The average molecular weight is 747 g/mol. The molecule has 50 heavy (non-hydrogen) atoms. The maximum atomic E-state index is 2.68. The molecule has 0 bridgehead atoms. The molecule has 4 unspecified atom stereocenters. The second-order valence-corrected chi connectivity index (χ2v) is 19.0. The lowest BCUT2D eigenvalue weighted by Gasteiger charge is -2.20. The van der Waals surface area contributed by atoms with Crippen molar-refractivity contribution in [1.82, 2.24) is 0 Å². The molecule has 0 aliphatic heterocycles. The molecule has 0 saturated carbocycles. The van der Waals surface area contributed by atoms with Crippen LogP contribution in [0.4, 0.5) is 0 Å². The van der Waals surface area contributed by atoms with Gasteiger partial charge in [-0.1, -0.05) is 120 Å². The molecule has 0 nitrogen and oxygen atoms in total. The molecule has 0 aliphatic rings. The predicted molar refractivity (Wildman–Crippen MR) is 234 cm³/mol.